The minimum Gasteiger partial charge on any atom is -0.393 e. The van der Waals surface area contributed by atoms with Crippen LogP contribution < -0.4 is 11.5 Å². The van der Waals surface area contributed by atoms with Crippen molar-refractivity contribution in [3.63, 3.8) is 0 Å². The molecule has 0 fully saturated rings. The molecule has 2 aromatic carbocycles. The van der Waals surface area contributed by atoms with E-state index in [1.54, 1.807) is 0 Å². The number of nitro groups is 4. The third-order valence-electron chi connectivity index (χ3n) is 2.88. The van der Waals surface area contributed by atoms with Gasteiger partial charge in [0.25, 0.3) is 22.7 Å². The Labute approximate surface area is 143 Å². The van der Waals surface area contributed by atoms with E-state index in [0.717, 1.165) is 30.3 Å². The number of para-hydroxylation sites is 1. The minimum absolute atomic E-state index is 0.0874. The van der Waals surface area contributed by atoms with Crippen LogP contribution in [0.5, 0.6) is 0 Å². The lowest BCUT2D eigenvalue weighted by Gasteiger charge is -1.96. The second-order valence-electron chi connectivity index (χ2n) is 4.48. The second-order valence-corrected chi connectivity index (χ2v) is 4.48. The first kappa shape index (κ1) is 19.7. The van der Waals surface area contributed by atoms with Crippen molar-refractivity contribution in [2.75, 3.05) is 11.5 Å². The number of anilines is 2. The topological polar surface area (TPSA) is 225 Å². The van der Waals surface area contributed by atoms with Gasteiger partial charge in [0.1, 0.15) is 5.69 Å². The van der Waals surface area contributed by atoms with Gasteiger partial charge >= 0.3 is 0 Å². The summed E-state index contributed by atoms with van der Waals surface area (Å²) in [5, 5.41) is 41.1. The summed E-state index contributed by atoms with van der Waals surface area (Å²) in [6, 6.07) is 6.52. The van der Waals surface area contributed by atoms with E-state index in [4.69, 9.17) is 11.5 Å². The van der Waals surface area contributed by atoms with Crippen LogP contribution in [-0.4, -0.2) is 19.7 Å². The first-order valence-corrected chi connectivity index (χ1v) is 6.41. The van der Waals surface area contributed by atoms with Crippen LogP contribution in [0.25, 0.3) is 0 Å². The third-order valence-corrected chi connectivity index (χ3v) is 2.88. The number of rotatable bonds is 4. The molecule has 0 unspecified atom stereocenters. The van der Waals surface area contributed by atoms with Gasteiger partial charge in [0, 0.05) is 18.2 Å². The Morgan fingerprint density at radius 2 is 1.12 bits per heavy atom. The predicted molar refractivity (Wildman–Crippen MR) is 88.3 cm³/mol. The van der Waals surface area contributed by atoms with E-state index in [0.29, 0.717) is 0 Å². The van der Waals surface area contributed by atoms with E-state index in [9.17, 15) is 40.5 Å². The fraction of sp³-hybridized carbons (Fsp3) is 0. The molecule has 0 radical (unpaired) electrons. The number of benzene rings is 2. The van der Waals surface area contributed by atoms with Gasteiger partial charge in [-0.05, 0) is 12.1 Å². The summed E-state index contributed by atoms with van der Waals surface area (Å²) in [6.07, 6.45) is 0. The molecule has 2 rings (SSSR count). The highest BCUT2D eigenvalue weighted by Gasteiger charge is 2.21. The van der Waals surface area contributed by atoms with Crippen LogP contribution in [0.1, 0.15) is 0 Å². The van der Waals surface area contributed by atoms with Crippen LogP contribution in [-0.2, 0) is 0 Å². The van der Waals surface area contributed by atoms with Gasteiger partial charge < -0.3 is 11.5 Å². The molecular weight excluding hydrogens is 356 g/mol. The fourth-order valence-electron chi connectivity index (χ4n) is 1.66. The molecule has 0 amide bonds. The quantitative estimate of drug-likeness (QED) is 0.455. The van der Waals surface area contributed by atoms with Crippen LogP contribution in [0.3, 0.4) is 0 Å². The standard InChI is InChI=1S/2C6H5N3O4/c7-5-2-1-4(8(10)11)3-6(5)9(12)13;7-6-4(8(10)11)2-1-3-5(6)9(12)13/h2*1-3H,7H2. The number of nitrogen functional groups attached to an aromatic ring is 2. The number of hydrogen-bond donors (Lipinski definition) is 2. The predicted octanol–water partition coefficient (Wildman–Crippen LogP) is 2.17. The van der Waals surface area contributed by atoms with Gasteiger partial charge in [0.05, 0.1) is 25.8 Å². The molecule has 0 spiro atoms. The fourth-order valence-corrected chi connectivity index (χ4v) is 1.66. The third kappa shape index (κ3) is 4.57. The molecule has 14 nitrogen and oxygen atoms in total. The van der Waals surface area contributed by atoms with Crippen LogP contribution in [0.15, 0.2) is 36.4 Å². The lowest BCUT2D eigenvalue weighted by Crippen LogP contribution is -2.00. The van der Waals surface area contributed by atoms with Gasteiger partial charge in [-0.25, -0.2) is 0 Å². The zero-order valence-electron chi connectivity index (χ0n) is 12.7. The van der Waals surface area contributed by atoms with Gasteiger partial charge in [0.2, 0.25) is 0 Å². The SMILES string of the molecule is Nc1c([N+](=O)[O-])cccc1[N+](=O)[O-].Nc1ccc([N+](=O)[O-])cc1[N+](=O)[O-]. The van der Waals surface area contributed by atoms with Gasteiger partial charge in [-0.15, -0.1) is 0 Å². The summed E-state index contributed by atoms with van der Waals surface area (Å²) in [7, 11) is 0. The second kappa shape index (κ2) is 7.95. The molecule has 26 heavy (non-hydrogen) atoms. The number of hydrogen-bond acceptors (Lipinski definition) is 10. The van der Waals surface area contributed by atoms with Crippen LogP contribution in [0.2, 0.25) is 0 Å². The largest absolute Gasteiger partial charge is 0.393 e. The molecule has 136 valence electrons. The van der Waals surface area contributed by atoms with Crippen LogP contribution >= 0.6 is 0 Å². The van der Waals surface area contributed by atoms with Gasteiger partial charge in [-0.2, -0.15) is 0 Å². The van der Waals surface area contributed by atoms with E-state index in [-0.39, 0.29) is 11.4 Å². The Hall–Kier alpha value is -4.36. The van der Waals surface area contributed by atoms with Crippen molar-refractivity contribution in [3.05, 3.63) is 76.9 Å². The minimum atomic E-state index is -0.762. The molecule has 0 aliphatic heterocycles. The molecule has 2 aromatic rings. The van der Waals surface area contributed by atoms with Crippen LogP contribution in [0.4, 0.5) is 34.1 Å². The molecule has 0 saturated carbocycles. The summed E-state index contributed by atoms with van der Waals surface area (Å²) in [5.74, 6) is 0. The maximum absolute atomic E-state index is 10.3. The highest BCUT2D eigenvalue weighted by atomic mass is 16.6. The molecule has 0 aliphatic carbocycles. The Morgan fingerprint density at radius 1 is 0.654 bits per heavy atom. The van der Waals surface area contributed by atoms with Crippen molar-refractivity contribution in [1.29, 1.82) is 0 Å². The highest BCUT2D eigenvalue weighted by Crippen LogP contribution is 2.30. The van der Waals surface area contributed by atoms with Crippen molar-refractivity contribution in [1.82, 2.24) is 0 Å². The Kier molecular flexibility index (Phi) is 6.02. The normalized spacial score (nSPS) is 9.54. The molecule has 0 aromatic heterocycles. The van der Waals surface area contributed by atoms with E-state index in [1.807, 2.05) is 0 Å². The number of non-ortho nitro benzene ring substituents is 1. The lowest BCUT2D eigenvalue weighted by atomic mass is 10.2. The molecule has 0 heterocycles. The van der Waals surface area contributed by atoms with Crippen molar-refractivity contribution >= 4 is 34.1 Å². The molecule has 0 atom stereocenters. The summed E-state index contributed by atoms with van der Waals surface area (Å²) in [4.78, 5) is 38.1. The van der Waals surface area contributed by atoms with Gasteiger partial charge in [-0.1, -0.05) is 0 Å². The van der Waals surface area contributed by atoms with E-state index in [2.05, 4.69) is 0 Å². The molecular formula is C12H10N6O8. The van der Waals surface area contributed by atoms with E-state index in [1.165, 1.54) is 6.07 Å². The number of nitrogens with zero attached hydrogens (tertiary/aromatic N) is 4. The highest BCUT2D eigenvalue weighted by molar-refractivity contribution is 5.70. The zero-order chi connectivity index (χ0) is 20.0. The van der Waals surface area contributed by atoms with Crippen molar-refractivity contribution < 1.29 is 19.7 Å². The van der Waals surface area contributed by atoms with Crippen molar-refractivity contribution in [3.8, 4) is 0 Å². The van der Waals surface area contributed by atoms with Gasteiger partial charge in [0.15, 0.2) is 5.69 Å². The maximum atomic E-state index is 10.3. The summed E-state index contributed by atoms with van der Waals surface area (Å²) >= 11 is 0. The smallest absolute Gasteiger partial charge is 0.299 e. The van der Waals surface area contributed by atoms with E-state index >= 15 is 0 Å². The summed E-state index contributed by atoms with van der Waals surface area (Å²) < 4.78 is 0. The summed E-state index contributed by atoms with van der Waals surface area (Å²) in [6.45, 7) is 0. The van der Waals surface area contributed by atoms with Crippen molar-refractivity contribution in [2.45, 2.75) is 0 Å². The first-order valence-electron chi connectivity index (χ1n) is 6.41. The lowest BCUT2D eigenvalue weighted by molar-refractivity contribution is -0.393. The molecule has 0 saturated heterocycles. The molecule has 14 heteroatoms. The molecule has 0 aliphatic rings. The molecule has 0 bridgehead atoms. The Balaban J connectivity index is 0.000000260. The average molecular weight is 366 g/mol. The summed E-state index contributed by atoms with van der Waals surface area (Å²) in [5.41, 5.74) is 8.23. The van der Waals surface area contributed by atoms with Crippen molar-refractivity contribution in [2.24, 2.45) is 0 Å². The average Bonchev–Trinajstić information content (AvgIpc) is 2.55. The zero-order valence-corrected chi connectivity index (χ0v) is 12.7. The number of nitrogens with two attached hydrogens (primary N) is 2. The Morgan fingerprint density at radius 3 is 1.50 bits per heavy atom. The monoisotopic (exact) mass is 366 g/mol. The maximum Gasteiger partial charge on any atom is 0.299 e. The Bertz CT molecular complexity index is 851. The van der Waals surface area contributed by atoms with Crippen LogP contribution in [0, 0.1) is 40.5 Å². The number of nitro benzene ring substituents is 4. The van der Waals surface area contributed by atoms with Gasteiger partial charge in [-0.3, -0.25) is 40.5 Å². The van der Waals surface area contributed by atoms with E-state index < -0.39 is 42.4 Å². The first-order chi connectivity index (χ1) is 12.1. The molecule has 4 N–H and O–H groups in total.